The molecule has 0 spiro atoms. The molecule has 1 heterocycles. The Morgan fingerprint density at radius 2 is 2.00 bits per heavy atom. The van der Waals surface area contributed by atoms with Gasteiger partial charge in [0.15, 0.2) is 6.29 Å². The second-order valence-electron chi connectivity index (χ2n) is 2.88. The Hall–Kier alpha value is -0.200. The molecule has 0 radical (unpaired) electrons. The standard InChI is InChI=1S/C6H12O5/c1-6(10)4(8)3(2-7)11-5(6)9/h3-5,7-10H,2H2,1H3/t3-,4-,5?,6+/m1/s1. The Kier molecular flexibility index (Phi) is 2.17. The number of hydrogen-bond donors (Lipinski definition) is 4. The summed E-state index contributed by atoms with van der Waals surface area (Å²) in [7, 11) is 0. The van der Waals surface area contributed by atoms with E-state index < -0.39 is 30.7 Å². The number of rotatable bonds is 1. The molecule has 0 amide bonds. The maximum atomic E-state index is 9.30. The molecule has 0 bridgehead atoms. The summed E-state index contributed by atoms with van der Waals surface area (Å²) in [6.07, 6.45) is -3.59. The molecule has 4 N–H and O–H groups in total. The third kappa shape index (κ3) is 1.25. The predicted octanol–water partition coefficient (Wildman–Crippen LogP) is -2.19. The minimum atomic E-state index is -1.69. The Morgan fingerprint density at radius 3 is 2.18 bits per heavy atom. The zero-order valence-corrected chi connectivity index (χ0v) is 6.14. The van der Waals surface area contributed by atoms with Gasteiger partial charge in [-0.05, 0) is 6.92 Å². The zero-order chi connectivity index (χ0) is 8.65. The van der Waals surface area contributed by atoms with Gasteiger partial charge in [-0.2, -0.15) is 0 Å². The maximum Gasteiger partial charge on any atom is 0.186 e. The summed E-state index contributed by atoms with van der Waals surface area (Å²) in [5.41, 5.74) is -1.69. The van der Waals surface area contributed by atoms with Crippen LogP contribution in [0.4, 0.5) is 0 Å². The number of hydrogen-bond acceptors (Lipinski definition) is 5. The van der Waals surface area contributed by atoms with E-state index in [1.54, 1.807) is 0 Å². The van der Waals surface area contributed by atoms with Crippen molar-refractivity contribution >= 4 is 0 Å². The Bertz CT molecular complexity index is 146. The van der Waals surface area contributed by atoms with E-state index in [9.17, 15) is 10.2 Å². The monoisotopic (exact) mass is 164 g/mol. The van der Waals surface area contributed by atoms with Crippen molar-refractivity contribution in [3.05, 3.63) is 0 Å². The topological polar surface area (TPSA) is 90.2 Å². The van der Waals surface area contributed by atoms with Gasteiger partial charge in [0.2, 0.25) is 0 Å². The molecule has 0 aromatic rings. The van der Waals surface area contributed by atoms with Gasteiger partial charge >= 0.3 is 0 Å². The lowest BCUT2D eigenvalue weighted by Crippen LogP contribution is -2.45. The molecule has 0 aliphatic carbocycles. The molecular formula is C6H12O5. The van der Waals surface area contributed by atoms with Crippen LogP contribution in [0.25, 0.3) is 0 Å². The second-order valence-corrected chi connectivity index (χ2v) is 2.88. The van der Waals surface area contributed by atoms with Crippen LogP contribution in [0.5, 0.6) is 0 Å². The lowest BCUT2D eigenvalue weighted by molar-refractivity contribution is -0.169. The zero-order valence-electron chi connectivity index (χ0n) is 6.14. The first-order valence-electron chi connectivity index (χ1n) is 3.35. The van der Waals surface area contributed by atoms with Crippen LogP contribution >= 0.6 is 0 Å². The molecule has 1 rings (SSSR count). The SMILES string of the molecule is C[C@@]1(O)C(O)O[C@H](CO)[C@H]1O. The van der Waals surface area contributed by atoms with Crippen molar-refractivity contribution in [2.24, 2.45) is 0 Å². The quantitative estimate of drug-likeness (QED) is 0.353. The van der Waals surface area contributed by atoms with Gasteiger partial charge in [0.05, 0.1) is 6.61 Å². The molecule has 1 saturated heterocycles. The smallest absolute Gasteiger partial charge is 0.186 e. The first kappa shape index (κ1) is 8.89. The molecule has 11 heavy (non-hydrogen) atoms. The van der Waals surface area contributed by atoms with E-state index in [0.29, 0.717) is 0 Å². The van der Waals surface area contributed by atoms with Crippen LogP contribution in [-0.2, 0) is 4.74 Å². The molecule has 4 atom stereocenters. The maximum absolute atomic E-state index is 9.30. The Morgan fingerprint density at radius 1 is 1.45 bits per heavy atom. The molecule has 1 aliphatic heterocycles. The normalized spacial score (nSPS) is 51.5. The Balaban J connectivity index is 2.71. The average Bonchev–Trinajstić information content (AvgIpc) is 2.14. The third-order valence-electron chi connectivity index (χ3n) is 1.93. The van der Waals surface area contributed by atoms with Crippen LogP contribution < -0.4 is 0 Å². The van der Waals surface area contributed by atoms with Crippen molar-refractivity contribution in [3.8, 4) is 0 Å². The summed E-state index contributed by atoms with van der Waals surface area (Å²) in [5.74, 6) is 0. The van der Waals surface area contributed by atoms with Gasteiger partial charge in [0.1, 0.15) is 17.8 Å². The fourth-order valence-corrected chi connectivity index (χ4v) is 1.04. The lowest BCUT2D eigenvalue weighted by Gasteiger charge is -2.22. The van der Waals surface area contributed by atoms with E-state index in [0.717, 1.165) is 0 Å². The summed E-state index contributed by atoms with van der Waals surface area (Å²) in [4.78, 5) is 0. The summed E-state index contributed by atoms with van der Waals surface area (Å²) in [5, 5.41) is 36.1. The Labute approximate surface area is 63.8 Å². The minimum Gasteiger partial charge on any atom is -0.394 e. The van der Waals surface area contributed by atoms with Crippen LogP contribution in [0.2, 0.25) is 0 Å². The molecule has 1 aliphatic rings. The van der Waals surface area contributed by atoms with E-state index >= 15 is 0 Å². The number of aliphatic hydroxyl groups excluding tert-OH is 3. The summed E-state index contributed by atoms with van der Waals surface area (Å²) < 4.78 is 4.64. The molecule has 5 nitrogen and oxygen atoms in total. The molecular weight excluding hydrogens is 152 g/mol. The van der Waals surface area contributed by atoms with Crippen LogP contribution in [-0.4, -0.2) is 51.1 Å². The van der Waals surface area contributed by atoms with E-state index in [2.05, 4.69) is 4.74 Å². The van der Waals surface area contributed by atoms with Gasteiger partial charge in [0.25, 0.3) is 0 Å². The van der Waals surface area contributed by atoms with E-state index in [1.807, 2.05) is 0 Å². The van der Waals surface area contributed by atoms with Gasteiger partial charge in [-0.3, -0.25) is 0 Å². The van der Waals surface area contributed by atoms with Crippen molar-refractivity contribution in [3.63, 3.8) is 0 Å². The van der Waals surface area contributed by atoms with Gasteiger partial charge in [-0.1, -0.05) is 0 Å². The van der Waals surface area contributed by atoms with Gasteiger partial charge < -0.3 is 25.2 Å². The van der Waals surface area contributed by atoms with Crippen molar-refractivity contribution in [1.29, 1.82) is 0 Å². The van der Waals surface area contributed by atoms with E-state index in [1.165, 1.54) is 6.92 Å². The van der Waals surface area contributed by atoms with Gasteiger partial charge in [0, 0.05) is 0 Å². The number of ether oxygens (including phenoxy) is 1. The first-order valence-corrected chi connectivity index (χ1v) is 3.35. The largest absolute Gasteiger partial charge is 0.394 e. The van der Waals surface area contributed by atoms with Gasteiger partial charge in [-0.25, -0.2) is 0 Å². The van der Waals surface area contributed by atoms with Gasteiger partial charge in [-0.15, -0.1) is 0 Å². The second kappa shape index (κ2) is 2.69. The highest BCUT2D eigenvalue weighted by atomic mass is 16.7. The van der Waals surface area contributed by atoms with E-state index in [-0.39, 0.29) is 0 Å². The predicted molar refractivity (Wildman–Crippen MR) is 34.6 cm³/mol. The average molecular weight is 164 g/mol. The first-order chi connectivity index (χ1) is 5.00. The minimum absolute atomic E-state index is 0.422. The van der Waals surface area contributed by atoms with Crippen LogP contribution in [0.3, 0.4) is 0 Å². The van der Waals surface area contributed by atoms with Crippen molar-refractivity contribution in [1.82, 2.24) is 0 Å². The molecule has 66 valence electrons. The lowest BCUT2D eigenvalue weighted by atomic mass is 9.98. The number of aliphatic hydroxyl groups is 4. The highest BCUT2D eigenvalue weighted by Gasteiger charge is 2.51. The van der Waals surface area contributed by atoms with Crippen molar-refractivity contribution < 1.29 is 25.2 Å². The third-order valence-corrected chi connectivity index (χ3v) is 1.93. The molecule has 0 saturated carbocycles. The van der Waals surface area contributed by atoms with Crippen LogP contribution in [0, 0.1) is 0 Å². The highest BCUT2D eigenvalue weighted by Crippen LogP contribution is 2.28. The van der Waals surface area contributed by atoms with Crippen molar-refractivity contribution in [2.75, 3.05) is 6.61 Å². The molecule has 1 fully saturated rings. The highest BCUT2D eigenvalue weighted by molar-refractivity contribution is 4.95. The fraction of sp³-hybridized carbons (Fsp3) is 1.00. The molecule has 0 aromatic carbocycles. The summed E-state index contributed by atoms with van der Waals surface area (Å²) in [6.45, 7) is 0.826. The summed E-state index contributed by atoms with van der Waals surface area (Å²) in [6, 6.07) is 0. The van der Waals surface area contributed by atoms with E-state index in [4.69, 9.17) is 10.2 Å². The molecule has 5 heteroatoms. The fourth-order valence-electron chi connectivity index (χ4n) is 1.04. The molecule has 1 unspecified atom stereocenters. The summed E-state index contributed by atoms with van der Waals surface area (Å²) >= 11 is 0. The molecule has 0 aromatic heterocycles. The van der Waals surface area contributed by atoms with Crippen LogP contribution in [0.1, 0.15) is 6.92 Å². The van der Waals surface area contributed by atoms with Crippen LogP contribution in [0.15, 0.2) is 0 Å². The van der Waals surface area contributed by atoms with Crippen molar-refractivity contribution in [2.45, 2.75) is 31.0 Å².